The summed E-state index contributed by atoms with van der Waals surface area (Å²) in [5.41, 5.74) is 0.635. The van der Waals surface area contributed by atoms with Crippen molar-refractivity contribution >= 4 is 0 Å². The fraction of sp³-hybridized carbons (Fsp3) is 0.455. The maximum Gasteiger partial charge on any atom is 0.126 e. The predicted molar refractivity (Wildman–Crippen MR) is 53.0 cm³/mol. The molecule has 1 N–H and O–H groups in total. The van der Waals surface area contributed by atoms with Crippen molar-refractivity contribution in [3.63, 3.8) is 0 Å². The summed E-state index contributed by atoms with van der Waals surface area (Å²) in [6.45, 7) is 5.87. The summed E-state index contributed by atoms with van der Waals surface area (Å²) in [5, 5.41) is 3.18. The van der Waals surface area contributed by atoms with Crippen molar-refractivity contribution in [2.45, 2.75) is 32.9 Å². The molecule has 0 saturated carbocycles. The quantitative estimate of drug-likeness (QED) is 0.789. The van der Waals surface area contributed by atoms with Crippen molar-refractivity contribution in [1.29, 1.82) is 0 Å². The Labute approximate surface area is 83.1 Å². The first-order chi connectivity index (χ1) is 6.49. The van der Waals surface area contributed by atoms with Crippen molar-refractivity contribution in [2.24, 2.45) is 0 Å². The van der Waals surface area contributed by atoms with Crippen LogP contribution in [0.4, 0.5) is 8.78 Å². The third kappa shape index (κ3) is 3.07. The van der Waals surface area contributed by atoms with Crippen LogP contribution in [0.15, 0.2) is 18.2 Å². The summed E-state index contributed by atoms with van der Waals surface area (Å²) in [5.74, 6) is -1.06. The van der Waals surface area contributed by atoms with Gasteiger partial charge in [-0.2, -0.15) is 0 Å². The van der Waals surface area contributed by atoms with Gasteiger partial charge in [0.2, 0.25) is 0 Å². The van der Waals surface area contributed by atoms with Crippen LogP contribution in [-0.2, 0) is 0 Å². The number of hydrogen-bond donors (Lipinski definition) is 1. The van der Waals surface area contributed by atoms with Crippen molar-refractivity contribution in [3.05, 3.63) is 35.4 Å². The van der Waals surface area contributed by atoms with E-state index in [-0.39, 0.29) is 12.1 Å². The summed E-state index contributed by atoms with van der Waals surface area (Å²) in [6.07, 6.45) is 0. The zero-order valence-electron chi connectivity index (χ0n) is 8.64. The standard InChI is InChI=1S/C11H15F2N/c1-7(2)14-8(3)9-4-10(12)6-11(13)5-9/h4-8,14H,1-3H3. The predicted octanol–water partition coefficient (Wildman–Crippen LogP) is 3.02. The van der Waals surface area contributed by atoms with E-state index in [1.807, 2.05) is 20.8 Å². The molecule has 1 rings (SSSR count). The molecule has 0 aliphatic rings. The lowest BCUT2D eigenvalue weighted by atomic mass is 10.1. The molecule has 1 atom stereocenters. The monoisotopic (exact) mass is 199 g/mol. The first kappa shape index (κ1) is 11.1. The van der Waals surface area contributed by atoms with Crippen LogP contribution >= 0.6 is 0 Å². The Morgan fingerprint density at radius 3 is 1.93 bits per heavy atom. The zero-order chi connectivity index (χ0) is 10.7. The van der Waals surface area contributed by atoms with Crippen LogP contribution in [0.25, 0.3) is 0 Å². The van der Waals surface area contributed by atoms with Crippen molar-refractivity contribution in [1.82, 2.24) is 5.32 Å². The molecule has 1 aromatic carbocycles. The molecular formula is C11H15F2N. The van der Waals surface area contributed by atoms with Crippen LogP contribution < -0.4 is 5.32 Å². The molecule has 0 radical (unpaired) electrons. The van der Waals surface area contributed by atoms with E-state index in [1.54, 1.807) is 0 Å². The second-order valence-corrected chi connectivity index (χ2v) is 3.75. The number of rotatable bonds is 3. The molecule has 0 fully saturated rings. The normalized spacial score (nSPS) is 13.3. The molecule has 0 aliphatic carbocycles. The highest BCUT2D eigenvalue weighted by Crippen LogP contribution is 2.16. The molecule has 0 amide bonds. The van der Waals surface area contributed by atoms with Gasteiger partial charge < -0.3 is 5.32 Å². The molecule has 1 nitrogen and oxygen atoms in total. The van der Waals surface area contributed by atoms with Gasteiger partial charge in [-0.25, -0.2) is 8.78 Å². The van der Waals surface area contributed by atoms with E-state index < -0.39 is 11.6 Å². The van der Waals surface area contributed by atoms with Gasteiger partial charge in [-0.3, -0.25) is 0 Å². The fourth-order valence-electron chi connectivity index (χ4n) is 1.42. The van der Waals surface area contributed by atoms with Crippen LogP contribution in [0.2, 0.25) is 0 Å². The second-order valence-electron chi connectivity index (χ2n) is 3.75. The molecule has 0 saturated heterocycles. The van der Waals surface area contributed by atoms with Gasteiger partial charge in [0.05, 0.1) is 0 Å². The minimum absolute atomic E-state index is 0.0415. The number of halogens is 2. The topological polar surface area (TPSA) is 12.0 Å². The first-order valence-corrected chi connectivity index (χ1v) is 4.71. The van der Waals surface area contributed by atoms with Gasteiger partial charge in [-0.1, -0.05) is 13.8 Å². The highest BCUT2D eigenvalue weighted by molar-refractivity contribution is 5.20. The Hall–Kier alpha value is -0.960. The Morgan fingerprint density at radius 1 is 1.00 bits per heavy atom. The van der Waals surface area contributed by atoms with Crippen LogP contribution in [0.3, 0.4) is 0 Å². The van der Waals surface area contributed by atoms with Gasteiger partial charge in [0.25, 0.3) is 0 Å². The van der Waals surface area contributed by atoms with E-state index >= 15 is 0 Å². The number of hydrogen-bond acceptors (Lipinski definition) is 1. The highest BCUT2D eigenvalue weighted by Gasteiger charge is 2.08. The van der Waals surface area contributed by atoms with Gasteiger partial charge in [0.15, 0.2) is 0 Å². The summed E-state index contributed by atoms with van der Waals surface area (Å²) < 4.78 is 25.7. The molecule has 3 heteroatoms. The van der Waals surface area contributed by atoms with Crippen LogP contribution in [-0.4, -0.2) is 6.04 Å². The summed E-state index contributed by atoms with van der Waals surface area (Å²) in [7, 11) is 0. The first-order valence-electron chi connectivity index (χ1n) is 4.71. The van der Waals surface area contributed by atoms with Gasteiger partial charge in [0.1, 0.15) is 11.6 Å². The molecule has 0 heterocycles. The lowest BCUT2D eigenvalue weighted by Gasteiger charge is -2.17. The number of benzene rings is 1. The van der Waals surface area contributed by atoms with E-state index in [1.165, 1.54) is 12.1 Å². The third-order valence-corrected chi connectivity index (χ3v) is 1.97. The third-order valence-electron chi connectivity index (χ3n) is 1.97. The van der Waals surface area contributed by atoms with Crippen LogP contribution in [0.5, 0.6) is 0 Å². The highest BCUT2D eigenvalue weighted by atomic mass is 19.1. The van der Waals surface area contributed by atoms with Crippen LogP contribution in [0, 0.1) is 11.6 Å². The minimum Gasteiger partial charge on any atom is -0.308 e. The SMILES string of the molecule is CC(C)NC(C)c1cc(F)cc(F)c1. The molecule has 0 aromatic heterocycles. The lowest BCUT2D eigenvalue weighted by Crippen LogP contribution is -2.26. The Kier molecular flexibility index (Phi) is 3.58. The smallest absolute Gasteiger partial charge is 0.126 e. The van der Waals surface area contributed by atoms with E-state index in [4.69, 9.17) is 0 Å². The maximum atomic E-state index is 12.9. The molecule has 78 valence electrons. The number of nitrogens with one attached hydrogen (secondary N) is 1. The molecular weight excluding hydrogens is 184 g/mol. The molecule has 1 aromatic rings. The largest absolute Gasteiger partial charge is 0.308 e. The molecule has 0 bridgehead atoms. The van der Waals surface area contributed by atoms with Crippen molar-refractivity contribution in [2.75, 3.05) is 0 Å². The summed E-state index contributed by atoms with van der Waals surface area (Å²) in [6, 6.07) is 3.83. The van der Waals surface area contributed by atoms with Gasteiger partial charge in [0, 0.05) is 18.2 Å². The zero-order valence-corrected chi connectivity index (χ0v) is 8.64. The van der Waals surface area contributed by atoms with Crippen LogP contribution in [0.1, 0.15) is 32.4 Å². The van der Waals surface area contributed by atoms with Gasteiger partial charge in [-0.15, -0.1) is 0 Å². The van der Waals surface area contributed by atoms with E-state index in [0.29, 0.717) is 5.56 Å². The molecule has 0 aliphatic heterocycles. The molecule has 14 heavy (non-hydrogen) atoms. The Bertz CT molecular complexity index is 290. The van der Waals surface area contributed by atoms with E-state index in [2.05, 4.69) is 5.32 Å². The fourth-order valence-corrected chi connectivity index (χ4v) is 1.42. The van der Waals surface area contributed by atoms with Crippen molar-refractivity contribution < 1.29 is 8.78 Å². The Balaban J connectivity index is 2.84. The Morgan fingerprint density at radius 2 is 1.50 bits per heavy atom. The second kappa shape index (κ2) is 4.51. The average molecular weight is 199 g/mol. The van der Waals surface area contributed by atoms with E-state index in [0.717, 1.165) is 6.07 Å². The average Bonchev–Trinajstić information content (AvgIpc) is 2.00. The van der Waals surface area contributed by atoms with Gasteiger partial charge in [-0.05, 0) is 24.6 Å². The van der Waals surface area contributed by atoms with E-state index in [9.17, 15) is 8.78 Å². The summed E-state index contributed by atoms with van der Waals surface area (Å²) >= 11 is 0. The molecule has 0 spiro atoms. The maximum absolute atomic E-state index is 12.9. The van der Waals surface area contributed by atoms with Gasteiger partial charge >= 0.3 is 0 Å². The minimum atomic E-state index is -0.530. The molecule has 1 unspecified atom stereocenters. The summed E-state index contributed by atoms with van der Waals surface area (Å²) in [4.78, 5) is 0. The lowest BCUT2D eigenvalue weighted by molar-refractivity contribution is 0.497. The van der Waals surface area contributed by atoms with Crippen molar-refractivity contribution in [3.8, 4) is 0 Å².